The van der Waals surface area contributed by atoms with E-state index in [2.05, 4.69) is 0 Å². The highest BCUT2D eigenvalue weighted by Gasteiger charge is 2.04. The maximum atomic E-state index is 10.5. The molecule has 0 amide bonds. The molecule has 160 valence electrons. The van der Waals surface area contributed by atoms with Gasteiger partial charge in [-0.2, -0.15) is 0 Å². The lowest BCUT2D eigenvalue weighted by molar-refractivity contribution is 0.111. The molecule has 29 heavy (non-hydrogen) atoms. The molecular weight excluding hydrogens is 404 g/mol. The Morgan fingerprint density at radius 1 is 0.862 bits per heavy atom. The van der Waals surface area contributed by atoms with E-state index >= 15 is 0 Å². The van der Waals surface area contributed by atoms with E-state index in [9.17, 15) is 9.59 Å². The van der Waals surface area contributed by atoms with Crippen molar-refractivity contribution in [2.24, 2.45) is 0 Å². The van der Waals surface area contributed by atoms with Crippen molar-refractivity contribution < 1.29 is 39.1 Å². The van der Waals surface area contributed by atoms with E-state index in [0.29, 0.717) is 40.5 Å². The number of aldehydes is 2. The Morgan fingerprint density at radius 3 is 1.83 bits per heavy atom. The Kier molecular flexibility index (Phi) is 14.6. The number of hydrogen-bond acceptors (Lipinski definition) is 8. The van der Waals surface area contributed by atoms with Crippen LogP contribution in [0.1, 0.15) is 20.7 Å². The molecular formula is C20H25ClO8. The van der Waals surface area contributed by atoms with Crippen molar-refractivity contribution >= 4 is 24.2 Å². The molecule has 8 nitrogen and oxygen atoms in total. The van der Waals surface area contributed by atoms with Crippen LogP contribution >= 0.6 is 11.6 Å². The molecule has 0 aliphatic heterocycles. The van der Waals surface area contributed by atoms with Crippen LogP contribution in [0.25, 0.3) is 0 Å². The van der Waals surface area contributed by atoms with Crippen molar-refractivity contribution in [3.05, 3.63) is 47.5 Å². The van der Waals surface area contributed by atoms with Gasteiger partial charge in [0.25, 0.3) is 0 Å². The second kappa shape index (κ2) is 16.2. The number of phenolic OH excluding ortho intramolecular Hbond substituents is 1. The number of aliphatic hydroxyl groups excluding tert-OH is 2. The molecule has 2 aromatic carbocycles. The molecule has 0 heterocycles. The molecule has 0 fully saturated rings. The van der Waals surface area contributed by atoms with Gasteiger partial charge in [-0.1, -0.05) is 0 Å². The molecule has 0 unspecified atom stereocenters. The summed E-state index contributed by atoms with van der Waals surface area (Å²) in [6, 6.07) is 9.26. The summed E-state index contributed by atoms with van der Waals surface area (Å²) in [5.74, 6) is 1.71. The first-order valence-corrected chi connectivity index (χ1v) is 8.90. The number of methoxy groups -OCH3 is 2. The number of hydrogen-bond donors (Lipinski definition) is 3. The fourth-order valence-corrected chi connectivity index (χ4v) is 1.80. The SMILES string of the molecule is COc1cc(C=O)ccc1O.COc1cc(C=O)ccc1OCCO.OCCCl. The third kappa shape index (κ3) is 10.3. The molecule has 0 saturated carbocycles. The van der Waals surface area contributed by atoms with Gasteiger partial charge in [-0.15, -0.1) is 11.6 Å². The van der Waals surface area contributed by atoms with Crippen LogP contribution in [0.2, 0.25) is 0 Å². The Balaban J connectivity index is 0.000000466. The number of carbonyl (C=O) groups is 2. The van der Waals surface area contributed by atoms with E-state index in [4.69, 9.17) is 41.1 Å². The topological polar surface area (TPSA) is 123 Å². The molecule has 2 rings (SSSR count). The minimum atomic E-state index is -0.0570. The second-order valence-corrected chi connectivity index (χ2v) is 5.44. The van der Waals surface area contributed by atoms with Gasteiger partial charge in [0.1, 0.15) is 19.2 Å². The highest BCUT2D eigenvalue weighted by Crippen LogP contribution is 2.27. The molecule has 0 aromatic heterocycles. The number of aromatic hydroxyl groups is 1. The number of carbonyl (C=O) groups excluding carboxylic acids is 2. The Bertz CT molecular complexity index is 734. The summed E-state index contributed by atoms with van der Waals surface area (Å²) in [5, 5.41) is 25.4. The van der Waals surface area contributed by atoms with E-state index in [1.165, 1.54) is 32.4 Å². The van der Waals surface area contributed by atoms with Crippen LogP contribution in [0.3, 0.4) is 0 Å². The van der Waals surface area contributed by atoms with E-state index in [0.717, 1.165) is 6.29 Å². The monoisotopic (exact) mass is 428 g/mol. The van der Waals surface area contributed by atoms with Crippen LogP contribution in [0.4, 0.5) is 0 Å². The van der Waals surface area contributed by atoms with E-state index in [-0.39, 0.29) is 25.6 Å². The summed E-state index contributed by atoms with van der Waals surface area (Å²) >= 11 is 4.94. The predicted molar refractivity (Wildman–Crippen MR) is 109 cm³/mol. The maximum Gasteiger partial charge on any atom is 0.161 e. The first kappa shape index (κ1) is 26.2. The molecule has 0 aliphatic rings. The second-order valence-electron chi connectivity index (χ2n) is 5.06. The van der Waals surface area contributed by atoms with Crippen molar-refractivity contribution in [2.75, 3.05) is 39.9 Å². The van der Waals surface area contributed by atoms with Crippen LogP contribution < -0.4 is 14.2 Å². The average Bonchev–Trinajstić information content (AvgIpc) is 2.78. The van der Waals surface area contributed by atoms with Crippen LogP contribution in [-0.2, 0) is 0 Å². The number of ether oxygens (including phenoxy) is 3. The summed E-state index contributed by atoms with van der Waals surface area (Å²) in [6.45, 7) is 0.233. The van der Waals surface area contributed by atoms with Crippen molar-refractivity contribution in [3.63, 3.8) is 0 Å². The molecule has 0 atom stereocenters. The summed E-state index contributed by atoms with van der Waals surface area (Å²) in [7, 11) is 2.93. The molecule has 0 spiro atoms. The van der Waals surface area contributed by atoms with Gasteiger partial charge in [0, 0.05) is 17.0 Å². The Morgan fingerprint density at radius 2 is 1.38 bits per heavy atom. The zero-order valence-electron chi connectivity index (χ0n) is 16.2. The van der Waals surface area contributed by atoms with Crippen LogP contribution in [0.5, 0.6) is 23.0 Å². The van der Waals surface area contributed by atoms with Crippen LogP contribution in [0, 0.1) is 0 Å². The molecule has 0 aliphatic carbocycles. The summed E-state index contributed by atoms with van der Waals surface area (Å²) < 4.78 is 15.0. The van der Waals surface area contributed by atoms with Gasteiger partial charge in [-0.25, -0.2) is 0 Å². The van der Waals surface area contributed by atoms with Crippen LogP contribution in [0.15, 0.2) is 36.4 Å². The predicted octanol–water partition coefficient (Wildman–Crippen LogP) is 2.31. The number of rotatable bonds is 8. The number of alkyl halides is 1. The van der Waals surface area contributed by atoms with Crippen LogP contribution in [-0.4, -0.2) is 67.8 Å². The maximum absolute atomic E-state index is 10.5. The number of benzene rings is 2. The first-order valence-electron chi connectivity index (χ1n) is 8.37. The first-order chi connectivity index (χ1) is 14.0. The summed E-state index contributed by atoms with van der Waals surface area (Å²) in [5.41, 5.74) is 1.01. The quantitative estimate of drug-likeness (QED) is 0.432. The Hall–Kier alpha value is -2.81. The lowest BCUT2D eigenvalue weighted by Gasteiger charge is -2.09. The zero-order chi connectivity index (χ0) is 22.1. The molecule has 0 bridgehead atoms. The normalized spacial score (nSPS) is 9.14. The Labute approximate surface area is 174 Å². The van der Waals surface area contributed by atoms with E-state index in [1.807, 2.05) is 0 Å². The molecule has 2 aromatic rings. The highest BCUT2D eigenvalue weighted by molar-refractivity contribution is 6.17. The fraction of sp³-hybridized carbons (Fsp3) is 0.300. The summed E-state index contributed by atoms with van der Waals surface area (Å²) in [6.07, 6.45) is 1.43. The lowest BCUT2D eigenvalue weighted by atomic mass is 10.2. The third-order valence-corrected chi connectivity index (χ3v) is 3.27. The van der Waals surface area contributed by atoms with Crippen molar-refractivity contribution in [2.45, 2.75) is 0 Å². The highest BCUT2D eigenvalue weighted by atomic mass is 35.5. The third-order valence-electron chi connectivity index (χ3n) is 3.10. The standard InChI is InChI=1S/C10H12O4.C8H8O3.C2H5ClO/c1-13-10-6-8(7-12)2-3-9(10)14-5-4-11;1-11-8-4-6(5-9)2-3-7(8)10;3-1-2-4/h2-3,6-7,11H,4-5H2,1H3;2-5,10H,1H3;4H,1-2H2. The van der Waals surface area contributed by atoms with Gasteiger partial charge in [0.2, 0.25) is 0 Å². The van der Waals surface area contributed by atoms with Crippen molar-refractivity contribution in [3.8, 4) is 23.0 Å². The molecule has 3 N–H and O–H groups in total. The zero-order valence-corrected chi connectivity index (χ0v) is 17.0. The average molecular weight is 429 g/mol. The fourth-order valence-electron chi connectivity index (χ4n) is 1.80. The largest absolute Gasteiger partial charge is 0.504 e. The lowest BCUT2D eigenvalue weighted by Crippen LogP contribution is -2.03. The molecule has 9 heteroatoms. The number of aliphatic hydroxyl groups is 2. The molecule has 0 saturated heterocycles. The minimum absolute atomic E-state index is 0.0399. The van der Waals surface area contributed by atoms with E-state index < -0.39 is 0 Å². The van der Waals surface area contributed by atoms with Crippen molar-refractivity contribution in [1.29, 1.82) is 0 Å². The summed E-state index contributed by atoms with van der Waals surface area (Å²) in [4.78, 5) is 20.7. The van der Waals surface area contributed by atoms with Gasteiger partial charge in [-0.3, -0.25) is 9.59 Å². The van der Waals surface area contributed by atoms with Gasteiger partial charge < -0.3 is 29.5 Å². The number of halogens is 1. The smallest absolute Gasteiger partial charge is 0.161 e. The van der Waals surface area contributed by atoms with E-state index in [1.54, 1.807) is 18.2 Å². The van der Waals surface area contributed by atoms with Gasteiger partial charge in [0.05, 0.1) is 27.4 Å². The van der Waals surface area contributed by atoms with Gasteiger partial charge >= 0.3 is 0 Å². The molecule has 0 radical (unpaired) electrons. The van der Waals surface area contributed by atoms with Gasteiger partial charge in [-0.05, 0) is 36.4 Å². The number of phenols is 1. The van der Waals surface area contributed by atoms with Gasteiger partial charge in [0.15, 0.2) is 23.0 Å². The minimum Gasteiger partial charge on any atom is -0.504 e. The van der Waals surface area contributed by atoms with Crippen molar-refractivity contribution in [1.82, 2.24) is 0 Å².